The molecule has 0 aromatic heterocycles. The minimum absolute atomic E-state index is 0.218. The van der Waals surface area contributed by atoms with Crippen molar-refractivity contribution in [3.05, 3.63) is 0 Å². The Kier molecular flexibility index (Phi) is 5.18. The third kappa shape index (κ3) is 4.01. The minimum Gasteiger partial charge on any atom is -0.390 e. The van der Waals surface area contributed by atoms with Crippen LogP contribution in [0.4, 0.5) is 0 Å². The molecule has 1 atom stereocenters. The van der Waals surface area contributed by atoms with Crippen LogP contribution in [0.1, 0.15) is 20.8 Å². The van der Waals surface area contributed by atoms with Crippen molar-refractivity contribution in [2.24, 2.45) is 0 Å². The smallest absolute Gasteiger partial charge is 0.0791 e. The maximum Gasteiger partial charge on any atom is 0.0791 e. The van der Waals surface area contributed by atoms with E-state index in [1.165, 1.54) is 0 Å². The summed E-state index contributed by atoms with van der Waals surface area (Å²) in [5.74, 6) is 0. The third-order valence-corrected chi connectivity index (χ3v) is 3.49. The fourth-order valence-corrected chi connectivity index (χ4v) is 2.17. The summed E-state index contributed by atoms with van der Waals surface area (Å²) >= 11 is 0. The molecule has 0 saturated carbocycles. The lowest BCUT2D eigenvalue weighted by Crippen LogP contribution is -2.59. The number of piperazine rings is 1. The summed E-state index contributed by atoms with van der Waals surface area (Å²) in [6.07, 6.45) is -0.251. The van der Waals surface area contributed by atoms with Crippen molar-refractivity contribution in [1.29, 1.82) is 0 Å². The highest BCUT2D eigenvalue weighted by Crippen LogP contribution is 2.18. The number of rotatable bonds is 5. The fourth-order valence-electron chi connectivity index (χ4n) is 2.17. The molecule has 16 heavy (non-hydrogen) atoms. The van der Waals surface area contributed by atoms with Gasteiger partial charge in [-0.05, 0) is 27.4 Å². The summed E-state index contributed by atoms with van der Waals surface area (Å²) in [7, 11) is 2.17. The summed E-state index contributed by atoms with van der Waals surface area (Å²) in [5, 5.41) is 13.0. The first-order valence-corrected chi connectivity index (χ1v) is 6.28. The summed E-state index contributed by atoms with van der Waals surface area (Å²) in [5.41, 5.74) is 0.218. The first-order chi connectivity index (χ1) is 7.45. The topological polar surface area (TPSA) is 38.7 Å². The van der Waals surface area contributed by atoms with Gasteiger partial charge in [-0.15, -0.1) is 0 Å². The monoisotopic (exact) mass is 229 g/mol. The lowest BCUT2D eigenvalue weighted by atomic mass is 9.99. The van der Waals surface area contributed by atoms with E-state index in [1.807, 2.05) is 0 Å². The van der Waals surface area contributed by atoms with Crippen LogP contribution in [0.5, 0.6) is 0 Å². The molecule has 4 nitrogen and oxygen atoms in total. The van der Waals surface area contributed by atoms with E-state index < -0.39 is 0 Å². The summed E-state index contributed by atoms with van der Waals surface area (Å²) in [4.78, 5) is 4.75. The maximum atomic E-state index is 9.85. The molecule has 4 heteroatoms. The van der Waals surface area contributed by atoms with Gasteiger partial charge in [0.05, 0.1) is 6.10 Å². The van der Waals surface area contributed by atoms with Crippen molar-refractivity contribution in [3.8, 4) is 0 Å². The standard InChI is InChI=1S/C12H27N3O/c1-5-13-8-11(16)9-15-7-6-14(4)12(2,3)10-15/h11,13,16H,5-10H2,1-4H3. The van der Waals surface area contributed by atoms with Crippen LogP contribution in [-0.4, -0.2) is 72.9 Å². The van der Waals surface area contributed by atoms with Crippen molar-refractivity contribution in [3.63, 3.8) is 0 Å². The summed E-state index contributed by atoms with van der Waals surface area (Å²) in [6, 6.07) is 0. The average molecular weight is 229 g/mol. The number of hydrogen-bond donors (Lipinski definition) is 2. The molecule has 96 valence electrons. The minimum atomic E-state index is -0.251. The Hall–Kier alpha value is -0.160. The lowest BCUT2D eigenvalue weighted by molar-refractivity contribution is 0.0149. The van der Waals surface area contributed by atoms with E-state index in [0.717, 1.165) is 32.7 Å². The average Bonchev–Trinajstić information content (AvgIpc) is 2.20. The van der Waals surface area contributed by atoms with Crippen LogP contribution in [0, 0.1) is 0 Å². The van der Waals surface area contributed by atoms with Crippen molar-refractivity contribution < 1.29 is 5.11 Å². The largest absolute Gasteiger partial charge is 0.390 e. The molecule has 0 aromatic carbocycles. The van der Waals surface area contributed by atoms with E-state index in [2.05, 4.69) is 42.9 Å². The Balaban J connectivity index is 2.33. The van der Waals surface area contributed by atoms with Gasteiger partial charge in [0.15, 0.2) is 0 Å². The van der Waals surface area contributed by atoms with Gasteiger partial charge >= 0.3 is 0 Å². The second-order valence-corrected chi connectivity index (χ2v) is 5.43. The van der Waals surface area contributed by atoms with Crippen LogP contribution >= 0.6 is 0 Å². The molecule has 1 aliphatic rings. The number of aliphatic hydroxyl groups excluding tert-OH is 1. The molecule has 0 radical (unpaired) electrons. The molecular weight excluding hydrogens is 202 g/mol. The molecule has 1 rings (SSSR count). The van der Waals surface area contributed by atoms with E-state index >= 15 is 0 Å². The lowest BCUT2D eigenvalue weighted by Gasteiger charge is -2.45. The van der Waals surface area contributed by atoms with Crippen LogP contribution < -0.4 is 5.32 Å². The van der Waals surface area contributed by atoms with Gasteiger partial charge in [-0.25, -0.2) is 0 Å². The zero-order valence-electron chi connectivity index (χ0n) is 11.2. The number of β-amino-alcohol motifs (C(OH)–C–C–N with tert-alkyl or cyclic N) is 1. The van der Waals surface area contributed by atoms with E-state index in [9.17, 15) is 5.11 Å². The van der Waals surface area contributed by atoms with Gasteiger partial charge in [-0.2, -0.15) is 0 Å². The predicted octanol–water partition coefficient (Wildman–Crippen LogP) is -0.0172. The van der Waals surface area contributed by atoms with Gasteiger partial charge in [0, 0.05) is 38.3 Å². The van der Waals surface area contributed by atoms with Gasteiger partial charge in [-0.3, -0.25) is 9.80 Å². The van der Waals surface area contributed by atoms with E-state index in [-0.39, 0.29) is 11.6 Å². The van der Waals surface area contributed by atoms with Gasteiger partial charge in [0.1, 0.15) is 0 Å². The SMILES string of the molecule is CCNCC(O)CN1CCN(C)C(C)(C)C1. The number of aliphatic hydroxyl groups is 1. The Labute approximate surface area is 99.6 Å². The third-order valence-electron chi connectivity index (χ3n) is 3.49. The maximum absolute atomic E-state index is 9.85. The molecule has 0 aliphatic carbocycles. The highest BCUT2D eigenvalue weighted by molar-refractivity contribution is 4.88. The Morgan fingerprint density at radius 3 is 2.62 bits per heavy atom. The van der Waals surface area contributed by atoms with E-state index in [0.29, 0.717) is 6.54 Å². The van der Waals surface area contributed by atoms with Crippen LogP contribution in [0.15, 0.2) is 0 Å². The van der Waals surface area contributed by atoms with Crippen LogP contribution in [0.2, 0.25) is 0 Å². The molecule has 1 unspecified atom stereocenters. The first-order valence-electron chi connectivity index (χ1n) is 6.28. The second kappa shape index (κ2) is 5.96. The molecule has 0 amide bonds. The molecule has 0 aromatic rings. The summed E-state index contributed by atoms with van der Waals surface area (Å²) < 4.78 is 0. The number of likely N-dealkylation sites (N-methyl/N-ethyl adjacent to an activating group) is 2. The van der Waals surface area contributed by atoms with Gasteiger partial charge in [0.2, 0.25) is 0 Å². The van der Waals surface area contributed by atoms with Gasteiger partial charge in [0.25, 0.3) is 0 Å². The zero-order chi connectivity index (χ0) is 12.2. The number of nitrogens with one attached hydrogen (secondary N) is 1. The molecule has 0 spiro atoms. The molecule has 1 fully saturated rings. The molecule has 2 N–H and O–H groups in total. The predicted molar refractivity (Wildman–Crippen MR) is 67.7 cm³/mol. The number of nitrogens with zero attached hydrogens (tertiary/aromatic N) is 2. The van der Waals surface area contributed by atoms with Crippen LogP contribution in [-0.2, 0) is 0 Å². The highest BCUT2D eigenvalue weighted by Gasteiger charge is 2.31. The van der Waals surface area contributed by atoms with Crippen molar-refractivity contribution in [2.45, 2.75) is 32.4 Å². The molecule has 1 heterocycles. The van der Waals surface area contributed by atoms with Gasteiger partial charge in [-0.1, -0.05) is 6.92 Å². The Morgan fingerprint density at radius 2 is 2.06 bits per heavy atom. The second-order valence-electron chi connectivity index (χ2n) is 5.43. The number of hydrogen-bond acceptors (Lipinski definition) is 4. The quantitative estimate of drug-likeness (QED) is 0.695. The highest BCUT2D eigenvalue weighted by atomic mass is 16.3. The van der Waals surface area contributed by atoms with E-state index in [4.69, 9.17) is 0 Å². The molecule has 0 bridgehead atoms. The Bertz CT molecular complexity index is 208. The fraction of sp³-hybridized carbons (Fsp3) is 1.00. The van der Waals surface area contributed by atoms with Crippen molar-refractivity contribution in [2.75, 3.05) is 46.3 Å². The van der Waals surface area contributed by atoms with Crippen molar-refractivity contribution >= 4 is 0 Å². The van der Waals surface area contributed by atoms with E-state index in [1.54, 1.807) is 0 Å². The van der Waals surface area contributed by atoms with Gasteiger partial charge < -0.3 is 10.4 Å². The molecule has 1 saturated heterocycles. The molecular formula is C12H27N3O. The zero-order valence-corrected chi connectivity index (χ0v) is 11.2. The van der Waals surface area contributed by atoms with Crippen molar-refractivity contribution in [1.82, 2.24) is 15.1 Å². The first kappa shape index (κ1) is 13.9. The van der Waals surface area contributed by atoms with Crippen LogP contribution in [0.25, 0.3) is 0 Å². The molecule has 1 aliphatic heterocycles. The Morgan fingerprint density at radius 1 is 1.38 bits per heavy atom. The van der Waals surface area contributed by atoms with Crippen LogP contribution in [0.3, 0.4) is 0 Å². The summed E-state index contributed by atoms with van der Waals surface area (Å²) in [6.45, 7) is 12.2. The normalized spacial score (nSPS) is 24.6.